The average Bonchev–Trinajstić information content (AvgIpc) is 3.02. The minimum absolute atomic E-state index is 0.639. The number of nitrogens with zero attached hydrogens (tertiary/aromatic N) is 1. The number of nitrogens with one attached hydrogen (secondary N) is 1. The minimum atomic E-state index is 0.639. The fraction of sp³-hybridized carbons (Fsp3) is 0.714. The molecule has 0 aromatic heterocycles. The predicted molar refractivity (Wildman–Crippen MR) is 97.0 cm³/mol. The van der Waals surface area contributed by atoms with Crippen LogP contribution in [0.1, 0.15) is 68.9 Å². The molecule has 0 unspecified atom stereocenters. The van der Waals surface area contributed by atoms with E-state index >= 15 is 0 Å². The molecule has 0 amide bonds. The fourth-order valence-corrected chi connectivity index (χ4v) is 5.44. The van der Waals surface area contributed by atoms with Crippen molar-refractivity contribution in [2.45, 2.75) is 63.8 Å². The molecule has 1 aromatic carbocycles. The Morgan fingerprint density at radius 1 is 1.09 bits per heavy atom. The van der Waals surface area contributed by atoms with Crippen LogP contribution in [0, 0.1) is 5.41 Å². The van der Waals surface area contributed by atoms with E-state index < -0.39 is 0 Å². The van der Waals surface area contributed by atoms with Gasteiger partial charge in [-0.2, -0.15) is 0 Å². The van der Waals surface area contributed by atoms with Gasteiger partial charge in [-0.05, 0) is 67.2 Å². The number of rotatable bonds is 3. The van der Waals surface area contributed by atoms with Gasteiger partial charge in [0.1, 0.15) is 0 Å². The zero-order chi connectivity index (χ0) is 15.9. The van der Waals surface area contributed by atoms with E-state index in [0.717, 1.165) is 12.0 Å². The average molecular weight is 313 g/mol. The summed E-state index contributed by atoms with van der Waals surface area (Å²) in [7, 11) is 0. The molecular weight excluding hydrogens is 280 g/mol. The van der Waals surface area contributed by atoms with Gasteiger partial charge < -0.3 is 5.32 Å². The second-order valence-corrected chi connectivity index (χ2v) is 8.54. The molecule has 3 aliphatic rings. The van der Waals surface area contributed by atoms with Crippen LogP contribution >= 0.6 is 0 Å². The quantitative estimate of drug-likeness (QED) is 0.902. The van der Waals surface area contributed by atoms with E-state index in [1.54, 1.807) is 11.1 Å². The van der Waals surface area contributed by atoms with Crippen molar-refractivity contribution in [3.8, 4) is 0 Å². The topological polar surface area (TPSA) is 15.3 Å². The first-order valence-corrected chi connectivity index (χ1v) is 9.72. The second kappa shape index (κ2) is 6.22. The molecule has 2 saturated heterocycles. The van der Waals surface area contributed by atoms with Gasteiger partial charge in [-0.1, -0.05) is 44.5 Å². The normalized spacial score (nSPS) is 30.7. The van der Waals surface area contributed by atoms with Crippen LogP contribution < -0.4 is 5.32 Å². The summed E-state index contributed by atoms with van der Waals surface area (Å²) >= 11 is 0. The maximum absolute atomic E-state index is 3.53. The van der Waals surface area contributed by atoms with Crippen molar-refractivity contribution in [3.63, 3.8) is 0 Å². The molecule has 0 radical (unpaired) electrons. The molecule has 4 rings (SSSR count). The van der Waals surface area contributed by atoms with E-state index in [1.807, 2.05) is 0 Å². The van der Waals surface area contributed by atoms with Gasteiger partial charge in [-0.25, -0.2) is 0 Å². The summed E-state index contributed by atoms with van der Waals surface area (Å²) in [5.41, 5.74) is 3.90. The fourth-order valence-electron chi connectivity index (χ4n) is 5.44. The molecular formula is C21H32N2. The van der Waals surface area contributed by atoms with Crippen LogP contribution in [-0.4, -0.2) is 37.1 Å². The molecule has 2 heteroatoms. The molecule has 2 heterocycles. The van der Waals surface area contributed by atoms with Gasteiger partial charge in [0.05, 0.1) is 0 Å². The molecule has 23 heavy (non-hydrogen) atoms. The first-order valence-electron chi connectivity index (χ1n) is 9.72. The van der Waals surface area contributed by atoms with E-state index in [-0.39, 0.29) is 0 Å². The molecule has 2 nitrogen and oxygen atoms in total. The highest BCUT2D eigenvalue weighted by molar-refractivity contribution is 5.34. The maximum Gasteiger partial charge on any atom is 0.0165 e. The molecule has 1 aromatic rings. The standard InChI is InChI=1S/C21H32N2/c1-16(2)17-6-3-4-7-18(17)19-8-5-9-20(19)23-14-21(15-23)10-12-22-13-11-21/h3-4,6-7,16,19-20,22H,5,8-15H2,1-2H3/t19-,20-/m0/s1. The molecule has 3 fully saturated rings. The van der Waals surface area contributed by atoms with Gasteiger partial charge in [-0.3, -0.25) is 4.90 Å². The van der Waals surface area contributed by atoms with Crippen LogP contribution in [0.3, 0.4) is 0 Å². The van der Waals surface area contributed by atoms with Gasteiger partial charge in [0.2, 0.25) is 0 Å². The van der Waals surface area contributed by atoms with Crippen LogP contribution in [-0.2, 0) is 0 Å². The lowest BCUT2D eigenvalue weighted by molar-refractivity contribution is -0.0528. The summed E-state index contributed by atoms with van der Waals surface area (Å²) in [5, 5.41) is 3.53. The maximum atomic E-state index is 3.53. The smallest absolute Gasteiger partial charge is 0.0165 e. The summed E-state index contributed by atoms with van der Waals surface area (Å²) in [6.07, 6.45) is 6.99. The van der Waals surface area contributed by atoms with Crippen molar-refractivity contribution in [1.29, 1.82) is 0 Å². The lowest BCUT2D eigenvalue weighted by Crippen LogP contribution is -2.63. The zero-order valence-electron chi connectivity index (χ0n) is 14.9. The highest BCUT2D eigenvalue weighted by Gasteiger charge is 2.48. The summed E-state index contributed by atoms with van der Waals surface area (Å²) in [4.78, 5) is 2.83. The third-order valence-corrected chi connectivity index (χ3v) is 6.71. The van der Waals surface area contributed by atoms with Gasteiger partial charge >= 0.3 is 0 Å². The number of benzene rings is 1. The Morgan fingerprint density at radius 2 is 1.83 bits per heavy atom. The Morgan fingerprint density at radius 3 is 2.57 bits per heavy atom. The van der Waals surface area contributed by atoms with Gasteiger partial charge in [0.15, 0.2) is 0 Å². The highest BCUT2D eigenvalue weighted by Crippen LogP contribution is 2.47. The monoisotopic (exact) mass is 312 g/mol. The number of likely N-dealkylation sites (tertiary alicyclic amines) is 1. The van der Waals surface area contributed by atoms with E-state index in [0.29, 0.717) is 11.3 Å². The molecule has 0 bridgehead atoms. The Hall–Kier alpha value is -0.860. The van der Waals surface area contributed by atoms with Crippen molar-refractivity contribution in [3.05, 3.63) is 35.4 Å². The molecule has 1 spiro atoms. The summed E-state index contributed by atoms with van der Waals surface area (Å²) in [6, 6.07) is 10.0. The van der Waals surface area contributed by atoms with E-state index in [9.17, 15) is 0 Å². The van der Waals surface area contributed by atoms with Crippen molar-refractivity contribution in [2.75, 3.05) is 26.2 Å². The Balaban J connectivity index is 1.50. The largest absolute Gasteiger partial charge is 0.317 e. The van der Waals surface area contributed by atoms with E-state index in [2.05, 4.69) is 48.3 Å². The Labute approximate surface area is 141 Å². The number of hydrogen-bond acceptors (Lipinski definition) is 2. The van der Waals surface area contributed by atoms with Crippen molar-refractivity contribution < 1.29 is 0 Å². The molecule has 2 aliphatic heterocycles. The predicted octanol–water partition coefficient (Wildman–Crippen LogP) is 4.13. The van der Waals surface area contributed by atoms with Crippen LogP contribution in [0.5, 0.6) is 0 Å². The second-order valence-electron chi connectivity index (χ2n) is 8.54. The van der Waals surface area contributed by atoms with E-state index in [1.165, 1.54) is 58.3 Å². The van der Waals surface area contributed by atoms with Crippen molar-refractivity contribution in [2.24, 2.45) is 5.41 Å². The molecule has 2 atom stereocenters. The summed E-state index contributed by atoms with van der Waals surface area (Å²) in [5.74, 6) is 1.41. The molecule has 126 valence electrons. The SMILES string of the molecule is CC(C)c1ccccc1[C@@H]1CCC[C@@H]1N1CC2(CCNCC2)C1. The third kappa shape index (κ3) is 2.85. The highest BCUT2D eigenvalue weighted by atomic mass is 15.2. The lowest BCUT2D eigenvalue weighted by atomic mass is 9.71. The van der Waals surface area contributed by atoms with Gasteiger partial charge in [0, 0.05) is 19.1 Å². The van der Waals surface area contributed by atoms with Crippen LogP contribution in [0.25, 0.3) is 0 Å². The van der Waals surface area contributed by atoms with Crippen molar-refractivity contribution in [1.82, 2.24) is 10.2 Å². The summed E-state index contributed by atoms with van der Waals surface area (Å²) in [6.45, 7) is 9.88. The third-order valence-electron chi connectivity index (χ3n) is 6.71. The Kier molecular flexibility index (Phi) is 4.23. The van der Waals surface area contributed by atoms with Crippen LogP contribution in [0.4, 0.5) is 0 Å². The molecule has 1 aliphatic carbocycles. The molecule has 1 N–H and O–H groups in total. The van der Waals surface area contributed by atoms with Crippen molar-refractivity contribution >= 4 is 0 Å². The number of hydrogen-bond donors (Lipinski definition) is 1. The molecule has 1 saturated carbocycles. The zero-order valence-corrected chi connectivity index (χ0v) is 14.9. The lowest BCUT2D eigenvalue weighted by Gasteiger charge is -2.56. The minimum Gasteiger partial charge on any atom is -0.317 e. The first-order chi connectivity index (χ1) is 11.2. The Bertz CT molecular complexity index is 537. The van der Waals surface area contributed by atoms with Crippen LogP contribution in [0.15, 0.2) is 24.3 Å². The van der Waals surface area contributed by atoms with Gasteiger partial charge in [0.25, 0.3) is 0 Å². The summed E-state index contributed by atoms with van der Waals surface area (Å²) < 4.78 is 0. The van der Waals surface area contributed by atoms with Gasteiger partial charge in [-0.15, -0.1) is 0 Å². The van der Waals surface area contributed by atoms with Crippen LogP contribution in [0.2, 0.25) is 0 Å². The first kappa shape index (κ1) is 15.7. The van der Waals surface area contributed by atoms with E-state index in [4.69, 9.17) is 0 Å². The number of piperidine rings is 1.